The summed E-state index contributed by atoms with van der Waals surface area (Å²) in [6, 6.07) is -4.79. The van der Waals surface area contributed by atoms with Crippen molar-refractivity contribution in [2.75, 3.05) is 0 Å². The first kappa shape index (κ1) is 5.12. The largest absolute Gasteiger partial charge is 0.489 e. The van der Waals surface area contributed by atoms with E-state index in [1.165, 1.54) is 0 Å². The maximum Gasteiger partial charge on any atom is 0.489 e. The van der Waals surface area contributed by atoms with Crippen molar-refractivity contribution in [1.82, 2.24) is 0 Å². The van der Waals surface area contributed by atoms with Crippen LogP contribution in [-0.2, 0) is 0 Å². The van der Waals surface area contributed by atoms with Crippen LogP contribution in [0.5, 0.6) is 0 Å². The maximum atomic E-state index is 9.77. The van der Waals surface area contributed by atoms with Crippen molar-refractivity contribution in [3.63, 3.8) is 0 Å². The Morgan fingerprint density at radius 1 is 0.737 bits per heavy atom. The predicted molar refractivity (Wildman–Crippen MR) is 80.0 cm³/mol. The van der Waals surface area contributed by atoms with Gasteiger partial charge in [-0.05, 0) is 37.8 Å². The van der Waals surface area contributed by atoms with E-state index < -0.39 is 67.0 Å². The summed E-state index contributed by atoms with van der Waals surface area (Å²) >= 11 is 0. The Balaban J connectivity index is 2.60. The Kier molecular flexibility index (Phi) is 0.997. The van der Waals surface area contributed by atoms with Gasteiger partial charge in [0, 0.05) is 0 Å². The molecule has 0 unspecified atom stereocenters. The van der Waals surface area contributed by atoms with Gasteiger partial charge in [0.2, 0.25) is 0 Å². The van der Waals surface area contributed by atoms with Crippen molar-refractivity contribution in [3.8, 4) is 0 Å². The molecule has 0 radical (unpaired) electrons. The minimum Gasteiger partial charge on any atom is -0.423 e. The molecule has 3 heteroatoms. The molecule has 2 N–H and O–H groups in total. The molecule has 0 spiro atoms. The molecule has 0 amide bonds. The molecule has 4 aromatic carbocycles. The molecule has 0 aliphatic rings. The molecule has 0 bridgehead atoms. The highest BCUT2D eigenvalue weighted by Gasteiger charge is 2.17. The summed E-state index contributed by atoms with van der Waals surface area (Å²) in [4.78, 5) is 0. The lowest BCUT2D eigenvalue weighted by atomic mass is 9.75. The summed E-state index contributed by atoms with van der Waals surface area (Å²) in [5.74, 6) is 0. The molecule has 0 saturated heterocycles. The van der Waals surface area contributed by atoms with E-state index in [2.05, 4.69) is 0 Å². The second-order valence-electron chi connectivity index (χ2n) is 4.16. The topological polar surface area (TPSA) is 40.5 Å². The number of rotatable bonds is 1. The van der Waals surface area contributed by atoms with Gasteiger partial charge in [-0.2, -0.15) is 0 Å². The normalized spacial score (nSPS) is 18.3. The molecule has 0 heterocycles. The molecule has 0 aliphatic heterocycles. The highest BCUT2D eigenvalue weighted by Crippen LogP contribution is 2.33. The molecule has 90 valence electrons. The van der Waals surface area contributed by atoms with E-state index in [0.717, 1.165) is 0 Å². The Morgan fingerprint density at radius 3 is 2.00 bits per heavy atom. The van der Waals surface area contributed by atoms with Gasteiger partial charge in [0.25, 0.3) is 0 Å². The number of benzene rings is 4. The molecule has 4 rings (SSSR count). The van der Waals surface area contributed by atoms with Gasteiger partial charge < -0.3 is 10.0 Å². The van der Waals surface area contributed by atoms with E-state index in [4.69, 9.17) is 12.3 Å². The van der Waals surface area contributed by atoms with E-state index in [0.29, 0.717) is 0 Å². The first-order valence-corrected chi connectivity index (χ1v) is 5.56. The Morgan fingerprint density at radius 2 is 1.32 bits per heavy atom. The van der Waals surface area contributed by atoms with Gasteiger partial charge in [0.05, 0.1) is 12.3 Å². The summed E-state index contributed by atoms with van der Waals surface area (Å²) in [5.41, 5.74) is -0.482. The zero-order valence-electron chi connectivity index (χ0n) is 18.5. The van der Waals surface area contributed by atoms with Crippen LogP contribution in [0.3, 0.4) is 0 Å². The molecule has 0 aromatic heterocycles. The molecule has 4 aromatic rings. The maximum absolute atomic E-state index is 9.77. The SMILES string of the molecule is [2H]c1c([2H])c2c([2H])c([2H])c3c([2H])c([2H])c(B(O)O)c4c([2H])c([2H])c(c1[2H])c2c34. The molecular weight excluding hydrogens is 235 g/mol. The number of hydrogen-bond donors (Lipinski definition) is 2. The summed E-state index contributed by atoms with van der Waals surface area (Å²) < 4.78 is 73.8. The summed E-state index contributed by atoms with van der Waals surface area (Å²) in [5, 5.41) is 18.7. The monoisotopic (exact) mass is 255 g/mol. The van der Waals surface area contributed by atoms with Gasteiger partial charge in [-0.15, -0.1) is 0 Å². The lowest BCUT2D eigenvalue weighted by molar-refractivity contribution is 0.426. The molecule has 19 heavy (non-hydrogen) atoms. The van der Waals surface area contributed by atoms with Gasteiger partial charge in [0.15, 0.2) is 0 Å². The second-order valence-corrected chi connectivity index (χ2v) is 4.16. The second kappa shape index (κ2) is 3.70. The third kappa shape index (κ3) is 1.40. The summed E-state index contributed by atoms with van der Waals surface area (Å²) in [6.45, 7) is 0. The van der Waals surface area contributed by atoms with Crippen molar-refractivity contribution in [1.29, 1.82) is 0 Å². The fraction of sp³-hybridized carbons (Fsp3) is 0. The van der Waals surface area contributed by atoms with Crippen molar-refractivity contribution >= 4 is 44.9 Å². The van der Waals surface area contributed by atoms with Crippen LogP contribution in [0.25, 0.3) is 32.3 Å². The molecule has 2 nitrogen and oxygen atoms in total. The molecule has 0 fully saturated rings. The third-order valence-electron chi connectivity index (χ3n) is 3.10. The van der Waals surface area contributed by atoms with Gasteiger partial charge in [-0.25, -0.2) is 0 Å². The average Bonchev–Trinajstić information content (AvgIpc) is 2.63. The van der Waals surface area contributed by atoms with Gasteiger partial charge in [-0.3, -0.25) is 0 Å². The van der Waals surface area contributed by atoms with E-state index in [1.54, 1.807) is 0 Å². The smallest absolute Gasteiger partial charge is 0.423 e. The molecule has 0 aliphatic carbocycles. The first-order chi connectivity index (χ1) is 13.0. The number of hydrogen-bond acceptors (Lipinski definition) is 2. The zero-order chi connectivity index (χ0) is 20.8. The van der Waals surface area contributed by atoms with Crippen LogP contribution in [-0.4, -0.2) is 17.2 Å². The highest BCUT2D eigenvalue weighted by molar-refractivity contribution is 6.62. The molecule has 0 saturated carbocycles. The van der Waals surface area contributed by atoms with Crippen LogP contribution in [0.15, 0.2) is 54.4 Å². The van der Waals surface area contributed by atoms with Crippen molar-refractivity contribution in [3.05, 3.63) is 54.4 Å². The van der Waals surface area contributed by atoms with Crippen molar-refractivity contribution in [2.45, 2.75) is 0 Å². The lowest BCUT2D eigenvalue weighted by Gasteiger charge is -2.13. The average molecular weight is 255 g/mol. The van der Waals surface area contributed by atoms with E-state index in [-0.39, 0.29) is 32.3 Å². The standard InChI is InChI=1S/C16H11BO2/c18-17(19)14-9-7-12-5-4-10-2-1-3-11-6-8-13(14)16(12)15(10)11/h1-9,18-19H/i1D,2D,3D,4D,5D,6D,7D,8D,9D. The Bertz CT molecular complexity index is 1310. The fourth-order valence-electron chi connectivity index (χ4n) is 2.28. The quantitative estimate of drug-likeness (QED) is 0.404. The van der Waals surface area contributed by atoms with Crippen LogP contribution >= 0.6 is 0 Å². The van der Waals surface area contributed by atoms with Crippen LogP contribution in [0, 0.1) is 0 Å². The third-order valence-corrected chi connectivity index (χ3v) is 3.10. The van der Waals surface area contributed by atoms with Gasteiger partial charge in [0.1, 0.15) is 0 Å². The molecular formula is C16H11BO2. The summed E-state index contributed by atoms with van der Waals surface area (Å²) in [6.07, 6.45) is 0. The van der Waals surface area contributed by atoms with Crippen molar-refractivity contribution < 1.29 is 22.4 Å². The van der Waals surface area contributed by atoms with E-state index >= 15 is 0 Å². The predicted octanol–water partition coefficient (Wildman–Crippen LogP) is 2.26. The van der Waals surface area contributed by atoms with Gasteiger partial charge in [-0.1, -0.05) is 54.4 Å². The lowest BCUT2D eigenvalue weighted by Crippen LogP contribution is -2.30. The van der Waals surface area contributed by atoms with Crippen LogP contribution < -0.4 is 5.46 Å². The van der Waals surface area contributed by atoms with E-state index in [1.807, 2.05) is 0 Å². The fourth-order valence-corrected chi connectivity index (χ4v) is 2.28. The Hall–Kier alpha value is -2.10. The van der Waals surface area contributed by atoms with Crippen LogP contribution in [0.1, 0.15) is 12.3 Å². The van der Waals surface area contributed by atoms with Crippen LogP contribution in [0.4, 0.5) is 0 Å². The first-order valence-electron chi connectivity index (χ1n) is 10.1. The zero-order valence-corrected chi connectivity index (χ0v) is 9.47. The minimum absolute atomic E-state index is 0.0200. The van der Waals surface area contributed by atoms with Crippen LogP contribution in [0.2, 0.25) is 0 Å². The van der Waals surface area contributed by atoms with E-state index in [9.17, 15) is 10.0 Å². The van der Waals surface area contributed by atoms with Gasteiger partial charge >= 0.3 is 7.12 Å². The highest BCUT2D eigenvalue weighted by atomic mass is 16.4. The molecule has 0 atom stereocenters. The van der Waals surface area contributed by atoms with Crippen molar-refractivity contribution in [2.24, 2.45) is 0 Å². The Labute approximate surface area is 123 Å². The summed E-state index contributed by atoms with van der Waals surface area (Å²) in [7, 11) is -2.23. The minimum atomic E-state index is -2.23.